The Balaban J connectivity index is 1.65. The second-order valence-electron chi connectivity index (χ2n) is 7.62. The summed E-state index contributed by atoms with van der Waals surface area (Å²) in [4.78, 5) is 2.60. The Kier molecular flexibility index (Phi) is 4.88. The van der Waals surface area contributed by atoms with Crippen molar-refractivity contribution in [1.29, 1.82) is 0 Å². The fourth-order valence-electron chi connectivity index (χ4n) is 4.49. The predicted octanol–water partition coefficient (Wildman–Crippen LogP) is 3.56. The van der Waals surface area contributed by atoms with Gasteiger partial charge < -0.3 is 14.8 Å². The molecule has 0 radical (unpaired) electrons. The van der Waals surface area contributed by atoms with E-state index in [1.807, 2.05) is 0 Å². The van der Waals surface area contributed by atoms with E-state index in [1.54, 1.807) is 14.2 Å². The monoisotopic (exact) mass is 352 g/mol. The van der Waals surface area contributed by atoms with Gasteiger partial charge in [-0.1, -0.05) is 30.3 Å². The molecule has 4 rings (SSSR count). The number of ether oxygens (including phenoxy) is 2. The van der Waals surface area contributed by atoms with Crippen LogP contribution in [0.2, 0.25) is 0 Å². The minimum Gasteiger partial charge on any atom is -0.493 e. The summed E-state index contributed by atoms with van der Waals surface area (Å²) in [5, 5.41) is 3.55. The van der Waals surface area contributed by atoms with E-state index in [0.29, 0.717) is 5.41 Å². The maximum absolute atomic E-state index is 5.57. The molecule has 2 heterocycles. The van der Waals surface area contributed by atoms with E-state index >= 15 is 0 Å². The smallest absolute Gasteiger partial charge is 0.161 e. The van der Waals surface area contributed by atoms with Crippen molar-refractivity contribution in [1.82, 2.24) is 10.2 Å². The van der Waals surface area contributed by atoms with Crippen molar-refractivity contribution in [2.24, 2.45) is 5.41 Å². The van der Waals surface area contributed by atoms with Crippen molar-refractivity contribution in [3.8, 4) is 22.6 Å². The van der Waals surface area contributed by atoms with Crippen molar-refractivity contribution in [2.75, 3.05) is 40.4 Å². The van der Waals surface area contributed by atoms with Gasteiger partial charge >= 0.3 is 0 Å². The van der Waals surface area contributed by atoms with Crippen LogP contribution in [0, 0.1) is 5.41 Å². The number of hydrogen-bond donors (Lipinski definition) is 1. The summed E-state index contributed by atoms with van der Waals surface area (Å²) in [6.07, 6.45) is 2.61. The Morgan fingerprint density at radius 3 is 2.50 bits per heavy atom. The molecule has 138 valence electrons. The van der Waals surface area contributed by atoms with Crippen molar-refractivity contribution in [2.45, 2.75) is 19.4 Å². The van der Waals surface area contributed by atoms with Crippen LogP contribution in [0.5, 0.6) is 11.5 Å². The van der Waals surface area contributed by atoms with Gasteiger partial charge in [0.05, 0.1) is 14.2 Å². The van der Waals surface area contributed by atoms with E-state index in [0.717, 1.165) is 18.0 Å². The second kappa shape index (κ2) is 7.29. The lowest BCUT2D eigenvalue weighted by molar-refractivity contribution is 0.268. The van der Waals surface area contributed by atoms with Crippen molar-refractivity contribution >= 4 is 0 Å². The minimum absolute atomic E-state index is 0.490. The van der Waals surface area contributed by atoms with E-state index < -0.39 is 0 Å². The van der Waals surface area contributed by atoms with Gasteiger partial charge in [-0.15, -0.1) is 0 Å². The van der Waals surface area contributed by atoms with E-state index in [2.05, 4.69) is 52.7 Å². The van der Waals surface area contributed by atoms with Crippen LogP contribution in [0.15, 0.2) is 42.5 Å². The highest BCUT2D eigenvalue weighted by molar-refractivity contribution is 5.71. The van der Waals surface area contributed by atoms with Gasteiger partial charge in [-0.2, -0.15) is 0 Å². The molecular weight excluding hydrogens is 324 g/mol. The lowest BCUT2D eigenvalue weighted by atomic mass is 9.86. The number of nitrogens with zero attached hydrogens (tertiary/aromatic N) is 1. The summed E-state index contributed by atoms with van der Waals surface area (Å²) in [6.45, 7) is 5.64. The van der Waals surface area contributed by atoms with Gasteiger partial charge in [-0.3, -0.25) is 4.90 Å². The zero-order chi connectivity index (χ0) is 18.0. The molecule has 1 unspecified atom stereocenters. The third-order valence-corrected chi connectivity index (χ3v) is 5.94. The van der Waals surface area contributed by atoms with E-state index in [1.165, 1.54) is 55.7 Å². The molecule has 0 bridgehead atoms. The molecule has 2 aromatic rings. The molecule has 2 saturated heterocycles. The second-order valence-corrected chi connectivity index (χ2v) is 7.62. The van der Waals surface area contributed by atoms with E-state index in [9.17, 15) is 0 Å². The van der Waals surface area contributed by atoms with Crippen LogP contribution >= 0.6 is 0 Å². The lowest BCUT2D eigenvalue weighted by Gasteiger charge is -2.24. The molecule has 1 atom stereocenters. The van der Waals surface area contributed by atoms with Crippen LogP contribution in [0.3, 0.4) is 0 Å². The molecule has 4 heteroatoms. The SMILES string of the molecule is COc1cc(CN2CCC3(CCNC3)C2)c(-c2ccccc2)cc1OC. The zero-order valence-corrected chi connectivity index (χ0v) is 15.8. The summed E-state index contributed by atoms with van der Waals surface area (Å²) in [7, 11) is 3.41. The highest BCUT2D eigenvalue weighted by atomic mass is 16.5. The van der Waals surface area contributed by atoms with Gasteiger partial charge in [-0.05, 0) is 60.2 Å². The molecule has 1 N–H and O–H groups in total. The fraction of sp³-hybridized carbons (Fsp3) is 0.455. The summed E-state index contributed by atoms with van der Waals surface area (Å²) >= 11 is 0. The highest BCUT2D eigenvalue weighted by Gasteiger charge is 2.40. The van der Waals surface area contributed by atoms with Gasteiger partial charge in [0.1, 0.15) is 0 Å². The van der Waals surface area contributed by atoms with Gasteiger partial charge in [-0.25, -0.2) is 0 Å². The molecule has 1 spiro atoms. The third-order valence-electron chi connectivity index (χ3n) is 5.94. The maximum atomic E-state index is 5.57. The number of likely N-dealkylation sites (tertiary alicyclic amines) is 1. The molecule has 4 nitrogen and oxygen atoms in total. The number of hydrogen-bond acceptors (Lipinski definition) is 4. The first-order valence-corrected chi connectivity index (χ1v) is 9.46. The minimum atomic E-state index is 0.490. The normalized spacial score (nSPS) is 22.8. The first kappa shape index (κ1) is 17.4. The molecule has 0 aliphatic carbocycles. The van der Waals surface area contributed by atoms with Crippen molar-refractivity contribution in [3.05, 3.63) is 48.0 Å². The Labute approximate surface area is 156 Å². The molecule has 2 fully saturated rings. The number of rotatable bonds is 5. The Morgan fingerprint density at radius 1 is 1.04 bits per heavy atom. The molecule has 26 heavy (non-hydrogen) atoms. The summed E-state index contributed by atoms with van der Waals surface area (Å²) < 4.78 is 11.1. The van der Waals surface area contributed by atoms with E-state index in [-0.39, 0.29) is 0 Å². The highest BCUT2D eigenvalue weighted by Crippen LogP contribution is 2.40. The first-order chi connectivity index (χ1) is 12.7. The summed E-state index contributed by atoms with van der Waals surface area (Å²) in [5.41, 5.74) is 4.24. The molecule has 0 saturated carbocycles. The van der Waals surface area contributed by atoms with Gasteiger partial charge in [0.15, 0.2) is 11.5 Å². The van der Waals surface area contributed by atoms with Crippen LogP contribution < -0.4 is 14.8 Å². The molecule has 2 aliphatic rings. The predicted molar refractivity (Wildman–Crippen MR) is 105 cm³/mol. The van der Waals surface area contributed by atoms with Crippen LogP contribution in [0.1, 0.15) is 18.4 Å². The Bertz CT molecular complexity index is 754. The number of methoxy groups -OCH3 is 2. The van der Waals surface area contributed by atoms with Gasteiger partial charge in [0.25, 0.3) is 0 Å². The van der Waals surface area contributed by atoms with Crippen LogP contribution in [-0.2, 0) is 6.54 Å². The van der Waals surface area contributed by atoms with Gasteiger partial charge in [0, 0.05) is 19.6 Å². The standard InChI is InChI=1S/C22H28N2O2/c1-25-20-12-18(14-24-11-9-22(16-24)8-10-23-15-22)19(13-21(20)26-2)17-6-4-3-5-7-17/h3-7,12-13,23H,8-11,14-16H2,1-2H3. The topological polar surface area (TPSA) is 33.7 Å². The third kappa shape index (κ3) is 3.31. The Hall–Kier alpha value is -2.04. The van der Waals surface area contributed by atoms with Crippen molar-refractivity contribution in [3.63, 3.8) is 0 Å². The fourth-order valence-corrected chi connectivity index (χ4v) is 4.49. The number of nitrogens with one attached hydrogen (secondary N) is 1. The van der Waals surface area contributed by atoms with E-state index in [4.69, 9.17) is 9.47 Å². The Morgan fingerprint density at radius 2 is 1.81 bits per heavy atom. The van der Waals surface area contributed by atoms with Gasteiger partial charge in [0.2, 0.25) is 0 Å². The van der Waals surface area contributed by atoms with Crippen LogP contribution in [0.4, 0.5) is 0 Å². The summed E-state index contributed by atoms with van der Waals surface area (Å²) in [5.74, 6) is 1.59. The average molecular weight is 352 g/mol. The quantitative estimate of drug-likeness (QED) is 0.892. The summed E-state index contributed by atoms with van der Waals surface area (Å²) in [6, 6.07) is 14.8. The number of benzene rings is 2. The molecule has 0 aromatic heterocycles. The molecule has 2 aliphatic heterocycles. The lowest BCUT2D eigenvalue weighted by Crippen LogP contribution is -2.29. The van der Waals surface area contributed by atoms with Crippen LogP contribution in [0.25, 0.3) is 11.1 Å². The zero-order valence-electron chi connectivity index (χ0n) is 15.8. The first-order valence-electron chi connectivity index (χ1n) is 9.46. The largest absolute Gasteiger partial charge is 0.493 e. The maximum Gasteiger partial charge on any atom is 0.161 e. The molecule has 2 aromatic carbocycles. The van der Waals surface area contributed by atoms with Crippen molar-refractivity contribution < 1.29 is 9.47 Å². The van der Waals surface area contributed by atoms with Crippen LogP contribution in [-0.4, -0.2) is 45.3 Å². The molecule has 0 amide bonds. The molecular formula is C22H28N2O2. The average Bonchev–Trinajstić information content (AvgIpc) is 3.31.